The molecule has 0 aliphatic carbocycles. The van der Waals surface area contributed by atoms with Crippen molar-refractivity contribution in [3.05, 3.63) is 29.8 Å². The van der Waals surface area contributed by atoms with Crippen LogP contribution >= 0.6 is 0 Å². The molecule has 1 rings (SSSR count). The lowest BCUT2D eigenvalue weighted by atomic mass is 10.2. The fraction of sp³-hybridized carbons (Fsp3) is 0.417. The number of hydrogen-bond donors (Lipinski definition) is 2. The molecule has 0 bridgehead atoms. The molecule has 2 N–H and O–H groups in total. The quantitative estimate of drug-likeness (QED) is 0.741. The first-order valence-electron chi connectivity index (χ1n) is 5.24. The van der Waals surface area contributed by atoms with Gasteiger partial charge in [0.15, 0.2) is 6.29 Å². The number of nitrogens with one attached hydrogen (secondary N) is 1. The van der Waals surface area contributed by atoms with Crippen molar-refractivity contribution >= 4 is 11.7 Å². The van der Waals surface area contributed by atoms with Crippen LogP contribution in [0.25, 0.3) is 0 Å². The molecule has 0 radical (unpaired) electrons. The van der Waals surface area contributed by atoms with Crippen LogP contribution in [0.2, 0.25) is 0 Å². The fourth-order valence-corrected chi connectivity index (χ4v) is 1.54. The highest BCUT2D eigenvalue weighted by atomic mass is 16.7. The van der Waals surface area contributed by atoms with Gasteiger partial charge in [0.2, 0.25) is 0 Å². The van der Waals surface area contributed by atoms with Crippen LogP contribution in [0.5, 0.6) is 0 Å². The maximum atomic E-state index is 10.7. The zero-order chi connectivity index (χ0) is 12.8. The highest BCUT2D eigenvalue weighted by Gasteiger charge is 2.15. The molecule has 0 aliphatic heterocycles. The van der Waals surface area contributed by atoms with Gasteiger partial charge in [0.25, 0.3) is 0 Å². The molecule has 1 aromatic carbocycles. The van der Waals surface area contributed by atoms with Gasteiger partial charge in [0, 0.05) is 19.9 Å². The average Bonchev–Trinajstić information content (AvgIpc) is 2.31. The summed E-state index contributed by atoms with van der Waals surface area (Å²) in [6.07, 6.45) is -0.353. The number of carboxylic acids is 1. The Morgan fingerprint density at radius 2 is 1.76 bits per heavy atom. The first-order valence-corrected chi connectivity index (χ1v) is 5.24. The summed E-state index contributed by atoms with van der Waals surface area (Å²) in [4.78, 5) is 10.7. The van der Waals surface area contributed by atoms with Crippen LogP contribution in [0.15, 0.2) is 24.3 Å². The third kappa shape index (κ3) is 3.72. The molecule has 0 saturated carbocycles. The van der Waals surface area contributed by atoms with Crippen LogP contribution in [0.4, 0.5) is 5.69 Å². The molecule has 0 saturated heterocycles. The normalized spacial score (nSPS) is 12.5. The molecule has 0 aromatic heterocycles. The van der Waals surface area contributed by atoms with Gasteiger partial charge in [-0.2, -0.15) is 0 Å². The molecular weight excluding hydrogens is 222 g/mol. The minimum Gasteiger partial charge on any atom is -0.478 e. The number of ether oxygens (including phenoxy) is 2. The SMILES string of the molecule is COC(OC)C(C)Nc1ccc(C(=O)O)cc1. The van der Waals surface area contributed by atoms with Gasteiger partial charge in [-0.3, -0.25) is 0 Å². The molecule has 0 spiro atoms. The Labute approximate surface area is 100 Å². The number of rotatable bonds is 6. The lowest BCUT2D eigenvalue weighted by molar-refractivity contribution is -0.109. The molecule has 1 atom stereocenters. The molecular formula is C12H17NO4. The van der Waals surface area contributed by atoms with Gasteiger partial charge in [0.1, 0.15) is 0 Å². The Hall–Kier alpha value is -1.59. The summed E-state index contributed by atoms with van der Waals surface area (Å²) in [5, 5.41) is 11.9. The van der Waals surface area contributed by atoms with Crippen molar-refractivity contribution in [3.8, 4) is 0 Å². The van der Waals surface area contributed by atoms with Gasteiger partial charge >= 0.3 is 5.97 Å². The van der Waals surface area contributed by atoms with Crippen LogP contribution in [0.3, 0.4) is 0 Å². The summed E-state index contributed by atoms with van der Waals surface area (Å²) in [7, 11) is 3.14. The molecule has 0 fully saturated rings. The van der Waals surface area contributed by atoms with Gasteiger partial charge in [0.05, 0.1) is 11.6 Å². The van der Waals surface area contributed by atoms with Crippen LogP contribution in [0.1, 0.15) is 17.3 Å². The number of hydrogen-bond acceptors (Lipinski definition) is 4. The van der Waals surface area contributed by atoms with Crippen molar-refractivity contribution in [3.63, 3.8) is 0 Å². The second kappa shape index (κ2) is 6.22. The van der Waals surface area contributed by atoms with Gasteiger partial charge in [-0.15, -0.1) is 0 Å². The van der Waals surface area contributed by atoms with Gasteiger partial charge in [-0.05, 0) is 31.2 Å². The van der Waals surface area contributed by atoms with Crippen LogP contribution in [0, 0.1) is 0 Å². The van der Waals surface area contributed by atoms with E-state index in [2.05, 4.69) is 5.32 Å². The van der Waals surface area contributed by atoms with E-state index in [-0.39, 0.29) is 17.9 Å². The van der Waals surface area contributed by atoms with E-state index >= 15 is 0 Å². The van der Waals surface area contributed by atoms with Crippen molar-refractivity contribution < 1.29 is 19.4 Å². The van der Waals surface area contributed by atoms with Crippen molar-refractivity contribution in [1.82, 2.24) is 0 Å². The minimum atomic E-state index is -0.934. The third-order valence-electron chi connectivity index (χ3n) is 2.40. The number of anilines is 1. The third-order valence-corrected chi connectivity index (χ3v) is 2.40. The molecule has 0 aliphatic rings. The number of aromatic carboxylic acids is 1. The predicted molar refractivity (Wildman–Crippen MR) is 64.3 cm³/mol. The van der Waals surface area contributed by atoms with Crippen molar-refractivity contribution in [2.75, 3.05) is 19.5 Å². The molecule has 1 aromatic rings. The highest BCUT2D eigenvalue weighted by Crippen LogP contribution is 2.13. The molecule has 0 amide bonds. The molecule has 0 heterocycles. The molecule has 5 heteroatoms. The fourth-order valence-electron chi connectivity index (χ4n) is 1.54. The standard InChI is InChI=1S/C12H17NO4/c1-8(12(16-2)17-3)13-10-6-4-9(5-7-10)11(14)15/h4-8,12-13H,1-3H3,(H,14,15). The summed E-state index contributed by atoms with van der Waals surface area (Å²) in [6.45, 7) is 1.92. The largest absolute Gasteiger partial charge is 0.478 e. The Morgan fingerprint density at radius 1 is 1.24 bits per heavy atom. The summed E-state index contributed by atoms with van der Waals surface area (Å²) in [5.74, 6) is -0.934. The van der Waals surface area contributed by atoms with E-state index in [1.165, 1.54) is 0 Å². The predicted octanol–water partition coefficient (Wildman–Crippen LogP) is 1.80. The number of benzene rings is 1. The van der Waals surface area contributed by atoms with Gasteiger partial charge in [-0.25, -0.2) is 4.79 Å². The Balaban J connectivity index is 2.65. The molecule has 17 heavy (non-hydrogen) atoms. The van der Waals surface area contributed by atoms with Crippen LogP contribution < -0.4 is 5.32 Å². The van der Waals surface area contributed by atoms with Crippen molar-refractivity contribution in [2.24, 2.45) is 0 Å². The molecule has 1 unspecified atom stereocenters. The average molecular weight is 239 g/mol. The van der Waals surface area contributed by atoms with E-state index < -0.39 is 5.97 Å². The smallest absolute Gasteiger partial charge is 0.335 e. The highest BCUT2D eigenvalue weighted by molar-refractivity contribution is 5.87. The number of carboxylic acid groups (broad SMARTS) is 1. The number of methoxy groups -OCH3 is 2. The lowest BCUT2D eigenvalue weighted by Gasteiger charge is -2.23. The van der Waals surface area contributed by atoms with Crippen LogP contribution in [-0.4, -0.2) is 37.6 Å². The number of carbonyl (C=O) groups is 1. The van der Waals surface area contributed by atoms with Crippen molar-refractivity contribution in [1.29, 1.82) is 0 Å². The van der Waals surface area contributed by atoms with Crippen LogP contribution in [-0.2, 0) is 9.47 Å². The van der Waals surface area contributed by atoms with Crippen molar-refractivity contribution in [2.45, 2.75) is 19.3 Å². The maximum Gasteiger partial charge on any atom is 0.335 e. The summed E-state index contributed by atoms with van der Waals surface area (Å²) < 4.78 is 10.2. The van der Waals surface area contributed by atoms with Gasteiger partial charge in [-0.1, -0.05) is 0 Å². The van der Waals surface area contributed by atoms with Gasteiger partial charge < -0.3 is 19.9 Å². The second-order valence-electron chi connectivity index (χ2n) is 3.66. The maximum absolute atomic E-state index is 10.7. The first-order chi connectivity index (χ1) is 8.08. The molecule has 5 nitrogen and oxygen atoms in total. The zero-order valence-corrected chi connectivity index (χ0v) is 10.1. The van der Waals surface area contributed by atoms with E-state index in [9.17, 15) is 4.79 Å². The summed E-state index contributed by atoms with van der Waals surface area (Å²) in [6, 6.07) is 6.48. The first kappa shape index (κ1) is 13.5. The monoisotopic (exact) mass is 239 g/mol. The second-order valence-corrected chi connectivity index (χ2v) is 3.66. The Kier molecular flexibility index (Phi) is 4.93. The topological polar surface area (TPSA) is 67.8 Å². The summed E-state index contributed by atoms with van der Waals surface area (Å²) in [5.41, 5.74) is 1.08. The Bertz CT molecular complexity index is 359. The summed E-state index contributed by atoms with van der Waals surface area (Å²) >= 11 is 0. The van der Waals surface area contributed by atoms with E-state index in [4.69, 9.17) is 14.6 Å². The van der Waals surface area contributed by atoms with E-state index in [1.54, 1.807) is 38.5 Å². The van der Waals surface area contributed by atoms with E-state index in [0.717, 1.165) is 5.69 Å². The van der Waals surface area contributed by atoms with E-state index in [0.29, 0.717) is 0 Å². The van der Waals surface area contributed by atoms with E-state index in [1.807, 2.05) is 6.92 Å². The Morgan fingerprint density at radius 3 is 2.18 bits per heavy atom. The minimum absolute atomic E-state index is 0.0410. The lowest BCUT2D eigenvalue weighted by Crippen LogP contribution is -2.33. The zero-order valence-electron chi connectivity index (χ0n) is 10.1. The molecule has 94 valence electrons.